The molecule has 0 aliphatic rings. The number of amides is 2. The van der Waals surface area contributed by atoms with Gasteiger partial charge < -0.3 is 15.4 Å². The monoisotopic (exact) mass is 375 g/mol. The highest BCUT2D eigenvalue weighted by Crippen LogP contribution is 2.24. The van der Waals surface area contributed by atoms with E-state index in [0.717, 1.165) is 22.0 Å². The fourth-order valence-corrected chi connectivity index (χ4v) is 2.85. The van der Waals surface area contributed by atoms with Crippen LogP contribution in [0.2, 0.25) is 0 Å². The number of nitrogens with one attached hydrogen (secondary N) is 2. The number of aromatic nitrogens is 1. The molecule has 6 nitrogen and oxygen atoms in total. The first-order valence-electron chi connectivity index (χ1n) is 8.52. The number of benzene rings is 1. The second-order valence-electron chi connectivity index (χ2n) is 6.91. The molecular weight excluding hydrogens is 350 g/mol. The molecule has 2 rings (SSSR count). The molecule has 0 saturated heterocycles. The molecule has 7 heteroatoms. The molecule has 1 aromatic carbocycles. The summed E-state index contributed by atoms with van der Waals surface area (Å²) in [6.07, 6.45) is 0.385. The Morgan fingerprint density at radius 3 is 2.69 bits per heavy atom. The van der Waals surface area contributed by atoms with E-state index >= 15 is 0 Å². The van der Waals surface area contributed by atoms with Gasteiger partial charge in [-0.1, -0.05) is 12.1 Å². The third kappa shape index (κ3) is 6.84. The van der Waals surface area contributed by atoms with Gasteiger partial charge in [0.1, 0.15) is 5.60 Å². The molecular formula is C19H25N3O3S. The van der Waals surface area contributed by atoms with E-state index < -0.39 is 11.7 Å². The van der Waals surface area contributed by atoms with Crippen molar-refractivity contribution in [1.29, 1.82) is 0 Å². The first-order valence-corrected chi connectivity index (χ1v) is 9.40. The number of hydrogen-bond donors (Lipinski definition) is 2. The molecule has 0 aliphatic carbocycles. The molecule has 26 heavy (non-hydrogen) atoms. The van der Waals surface area contributed by atoms with E-state index in [1.807, 2.05) is 36.6 Å². The molecule has 0 unspecified atom stereocenters. The Labute approximate surface area is 158 Å². The lowest BCUT2D eigenvalue weighted by Crippen LogP contribution is -2.33. The van der Waals surface area contributed by atoms with Gasteiger partial charge in [0.2, 0.25) is 5.91 Å². The van der Waals surface area contributed by atoms with E-state index in [1.54, 1.807) is 32.1 Å². The summed E-state index contributed by atoms with van der Waals surface area (Å²) in [5, 5.41) is 8.53. The van der Waals surface area contributed by atoms with Crippen LogP contribution >= 0.6 is 11.3 Å². The number of ether oxygens (including phenoxy) is 1. The fourth-order valence-electron chi connectivity index (χ4n) is 2.23. The number of thiazole rings is 1. The van der Waals surface area contributed by atoms with Gasteiger partial charge in [-0.2, -0.15) is 0 Å². The molecule has 2 amide bonds. The van der Waals surface area contributed by atoms with Crippen LogP contribution in [0.3, 0.4) is 0 Å². The topological polar surface area (TPSA) is 80.3 Å². The summed E-state index contributed by atoms with van der Waals surface area (Å²) >= 11 is 1.59. The van der Waals surface area contributed by atoms with Crippen molar-refractivity contribution in [2.45, 2.75) is 46.1 Å². The van der Waals surface area contributed by atoms with Crippen LogP contribution in [0.5, 0.6) is 0 Å². The fraction of sp³-hybridized carbons (Fsp3) is 0.421. The van der Waals surface area contributed by atoms with Crippen molar-refractivity contribution in [2.24, 2.45) is 0 Å². The molecule has 2 aromatic rings. The summed E-state index contributed by atoms with van der Waals surface area (Å²) in [5.74, 6) is -0.0948. The van der Waals surface area contributed by atoms with Gasteiger partial charge in [0.25, 0.3) is 0 Å². The third-order valence-corrected chi connectivity index (χ3v) is 4.08. The first-order chi connectivity index (χ1) is 12.2. The van der Waals surface area contributed by atoms with Crippen molar-refractivity contribution < 1.29 is 14.3 Å². The number of carbonyl (C=O) groups excluding carboxylic acids is 2. The Balaban J connectivity index is 1.77. The molecule has 0 fully saturated rings. The maximum Gasteiger partial charge on any atom is 0.407 e. The zero-order valence-electron chi connectivity index (χ0n) is 15.6. The van der Waals surface area contributed by atoms with E-state index in [0.29, 0.717) is 19.4 Å². The average molecular weight is 375 g/mol. The molecule has 0 aliphatic heterocycles. The summed E-state index contributed by atoms with van der Waals surface area (Å²) in [7, 11) is 0. The Morgan fingerprint density at radius 2 is 2.04 bits per heavy atom. The van der Waals surface area contributed by atoms with E-state index in [4.69, 9.17) is 4.74 Å². The lowest BCUT2D eigenvalue weighted by Gasteiger charge is -2.19. The lowest BCUT2D eigenvalue weighted by atomic mass is 10.1. The second kappa shape index (κ2) is 8.80. The standard InChI is InChI=1S/C19H25N3O3S/c1-13-21-16(12-26-13)14-7-5-8-15(11-14)22-17(23)9-6-10-20-18(24)25-19(2,3)4/h5,7-8,11-12H,6,9-10H2,1-4H3,(H,20,24)(H,22,23). The summed E-state index contributed by atoms with van der Waals surface area (Å²) in [6, 6.07) is 7.61. The molecule has 0 radical (unpaired) electrons. The highest BCUT2D eigenvalue weighted by atomic mass is 32.1. The van der Waals surface area contributed by atoms with Gasteiger partial charge in [-0.15, -0.1) is 11.3 Å². The Morgan fingerprint density at radius 1 is 1.27 bits per heavy atom. The largest absolute Gasteiger partial charge is 0.444 e. The average Bonchev–Trinajstić information content (AvgIpc) is 2.97. The van der Waals surface area contributed by atoms with E-state index in [1.165, 1.54) is 0 Å². The van der Waals surface area contributed by atoms with Crippen LogP contribution in [-0.4, -0.2) is 29.1 Å². The molecule has 2 N–H and O–H groups in total. The zero-order chi connectivity index (χ0) is 19.2. The van der Waals surface area contributed by atoms with Crippen LogP contribution in [0.15, 0.2) is 29.6 Å². The van der Waals surface area contributed by atoms with Crippen LogP contribution < -0.4 is 10.6 Å². The number of alkyl carbamates (subject to hydrolysis) is 1. The van der Waals surface area contributed by atoms with Gasteiger partial charge in [-0.3, -0.25) is 4.79 Å². The molecule has 0 atom stereocenters. The van der Waals surface area contributed by atoms with E-state index in [9.17, 15) is 9.59 Å². The van der Waals surface area contributed by atoms with Crippen LogP contribution in [-0.2, 0) is 9.53 Å². The maximum absolute atomic E-state index is 12.1. The smallest absolute Gasteiger partial charge is 0.407 e. The summed E-state index contributed by atoms with van der Waals surface area (Å²) in [6.45, 7) is 7.77. The Kier molecular flexibility index (Phi) is 6.74. The van der Waals surface area contributed by atoms with Crippen LogP contribution in [0, 0.1) is 6.92 Å². The van der Waals surface area contributed by atoms with Crippen molar-refractivity contribution in [1.82, 2.24) is 10.3 Å². The SMILES string of the molecule is Cc1nc(-c2cccc(NC(=O)CCCNC(=O)OC(C)(C)C)c2)cs1. The number of anilines is 1. The number of rotatable bonds is 6. The van der Waals surface area contributed by atoms with Crippen molar-refractivity contribution in [2.75, 3.05) is 11.9 Å². The second-order valence-corrected chi connectivity index (χ2v) is 7.98. The van der Waals surface area contributed by atoms with E-state index in [-0.39, 0.29) is 5.91 Å². The quantitative estimate of drug-likeness (QED) is 0.735. The molecule has 1 heterocycles. The molecule has 0 saturated carbocycles. The van der Waals surface area contributed by atoms with Gasteiger partial charge in [-0.05, 0) is 46.2 Å². The van der Waals surface area contributed by atoms with Crippen molar-refractivity contribution in [3.63, 3.8) is 0 Å². The molecule has 0 spiro atoms. The van der Waals surface area contributed by atoms with Crippen molar-refractivity contribution in [3.8, 4) is 11.3 Å². The van der Waals surface area contributed by atoms with Gasteiger partial charge >= 0.3 is 6.09 Å². The first kappa shape index (κ1) is 19.9. The Hall–Kier alpha value is -2.41. The van der Waals surface area contributed by atoms with Gasteiger partial charge in [0.15, 0.2) is 0 Å². The maximum atomic E-state index is 12.1. The predicted octanol–water partition coefficient (Wildman–Crippen LogP) is 4.36. The van der Waals surface area contributed by atoms with E-state index in [2.05, 4.69) is 15.6 Å². The molecule has 0 bridgehead atoms. The van der Waals surface area contributed by atoms with Gasteiger partial charge in [0, 0.05) is 29.6 Å². The zero-order valence-corrected chi connectivity index (χ0v) is 16.4. The number of nitrogens with zero attached hydrogens (tertiary/aromatic N) is 1. The number of hydrogen-bond acceptors (Lipinski definition) is 5. The Bertz CT molecular complexity index is 765. The summed E-state index contributed by atoms with van der Waals surface area (Å²) in [5.41, 5.74) is 2.09. The normalized spacial score (nSPS) is 11.1. The van der Waals surface area contributed by atoms with Crippen LogP contribution in [0.25, 0.3) is 11.3 Å². The number of aryl methyl sites for hydroxylation is 1. The minimum atomic E-state index is -0.525. The minimum absolute atomic E-state index is 0.0948. The van der Waals surface area contributed by atoms with Crippen molar-refractivity contribution >= 4 is 29.0 Å². The van der Waals surface area contributed by atoms with Gasteiger partial charge in [0.05, 0.1) is 10.7 Å². The lowest BCUT2D eigenvalue weighted by molar-refractivity contribution is -0.116. The predicted molar refractivity (Wildman–Crippen MR) is 104 cm³/mol. The van der Waals surface area contributed by atoms with Crippen LogP contribution in [0.1, 0.15) is 38.6 Å². The summed E-state index contributed by atoms with van der Waals surface area (Å²) < 4.78 is 5.14. The highest BCUT2D eigenvalue weighted by Gasteiger charge is 2.15. The van der Waals surface area contributed by atoms with Crippen molar-refractivity contribution in [3.05, 3.63) is 34.7 Å². The minimum Gasteiger partial charge on any atom is -0.444 e. The molecule has 1 aromatic heterocycles. The summed E-state index contributed by atoms with van der Waals surface area (Å²) in [4.78, 5) is 28.1. The highest BCUT2D eigenvalue weighted by molar-refractivity contribution is 7.09. The molecule has 140 valence electrons. The van der Waals surface area contributed by atoms with Gasteiger partial charge in [-0.25, -0.2) is 9.78 Å². The third-order valence-electron chi connectivity index (χ3n) is 3.31. The number of carbonyl (C=O) groups is 2. The van der Waals surface area contributed by atoms with Crippen LogP contribution in [0.4, 0.5) is 10.5 Å².